The summed E-state index contributed by atoms with van der Waals surface area (Å²) in [7, 11) is 0. The van der Waals surface area contributed by atoms with Crippen molar-refractivity contribution in [3.8, 4) is 11.5 Å². The Kier molecular flexibility index (Phi) is 6.81. The number of carbonyl (C=O) groups is 1. The molecule has 1 atom stereocenters. The number of urea groups is 1. The van der Waals surface area contributed by atoms with Crippen LogP contribution in [0.1, 0.15) is 17.2 Å². The van der Waals surface area contributed by atoms with Crippen LogP contribution in [0.25, 0.3) is 0 Å². The fourth-order valence-electron chi connectivity index (χ4n) is 3.98. The van der Waals surface area contributed by atoms with E-state index in [2.05, 4.69) is 5.32 Å². The number of benzene rings is 3. The van der Waals surface area contributed by atoms with Crippen molar-refractivity contribution in [2.75, 3.05) is 26.2 Å². The van der Waals surface area contributed by atoms with E-state index in [1.54, 1.807) is 4.90 Å². The lowest BCUT2D eigenvalue weighted by Crippen LogP contribution is -2.59. The van der Waals surface area contributed by atoms with Gasteiger partial charge in [-0.05, 0) is 47.5 Å². The summed E-state index contributed by atoms with van der Waals surface area (Å²) in [5.74, 6) is 1.42. The number of likely N-dealkylation sites (tertiary alicyclic amines) is 1. The van der Waals surface area contributed by atoms with E-state index in [9.17, 15) is 4.79 Å². The third-order valence-corrected chi connectivity index (χ3v) is 6.36. The number of amides is 2. The molecule has 1 saturated heterocycles. The Morgan fingerprint density at radius 1 is 0.941 bits per heavy atom. The number of hydrogen-bond acceptors (Lipinski definition) is 4. The van der Waals surface area contributed by atoms with Gasteiger partial charge in [0.15, 0.2) is 17.6 Å². The zero-order valence-corrected chi connectivity index (χ0v) is 19.8. The van der Waals surface area contributed by atoms with Gasteiger partial charge in [-0.2, -0.15) is 0 Å². The summed E-state index contributed by atoms with van der Waals surface area (Å²) in [5.41, 5.74) is 1.98. The highest BCUT2D eigenvalue weighted by Crippen LogP contribution is 2.32. The molecule has 176 valence electrons. The average Bonchev–Trinajstić information content (AvgIpc) is 2.83. The lowest BCUT2D eigenvalue weighted by Gasteiger charge is -2.41. The van der Waals surface area contributed by atoms with Gasteiger partial charge in [-0.3, -0.25) is 0 Å². The Balaban J connectivity index is 1.14. The van der Waals surface area contributed by atoms with E-state index in [1.165, 1.54) is 0 Å². The summed E-state index contributed by atoms with van der Waals surface area (Å²) in [4.78, 5) is 14.3. The van der Waals surface area contributed by atoms with Crippen LogP contribution in [0.3, 0.4) is 0 Å². The predicted molar refractivity (Wildman–Crippen MR) is 131 cm³/mol. The van der Waals surface area contributed by atoms with E-state index < -0.39 is 0 Å². The number of hydrogen-bond donors (Lipinski definition) is 1. The van der Waals surface area contributed by atoms with E-state index in [4.69, 9.17) is 37.4 Å². The molecular weight excluding hydrogens is 475 g/mol. The molecule has 1 N–H and O–H groups in total. The molecule has 3 aromatic carbocycles. The second kappa shape index (κ2) is 10.1. The fraction of sp³-hybridized carbons (Fsp3) is 0.269. The van der Waals surface area contributed by atoms with Gasteiger partial charge in [0, 0.05) is 10.0 Å². The zero-order valence-electron chi connectivity index (χ0n) is 18.3. The maximum atomic E-state index is 12.6. The van der Waals surface area contributed by atoms with Crippen LogP contribution < -0.4 is 14.8 Å². The van der Waals surface area contributed by atoms with Gasteiger partial charge in [-0.25, -0.2) is 4.79 Å². The van der Waals surface area contributed by atoms with Crippen molar-refractivity contribution < 1.29 is 19.0 Å². The molecule has 1 fully saturated rings. The maximum absolute atomic E-state index is 12.6. The first kappa shape index (κ1) is 22.8. The number of fused-ring (bicyclic) bond motifs is 1. The van der Waals surface area contributed by atoms with Crippen molar-refractivity contribution in [1.29, 1.82) is 0 Å². The normalized spacial score (nSPS) is 17.4. The lowest BCUT2D eigenvalue weighted by molar-refractivity contribution is -0.0648. The van der Waals surface area contributed by atoms with Gasteiger partial charge in [-0.15, -0.1) is 0 Å². The molecule has 5 rings (SSSR count). The third kappa shape index (κ3) is 5.25. The van der Waals surface area contributed by atoms with E-state index in [0.717, 1.165) is 16.9 Å². The quantitative estimate of drug-likeness (QED) is 0.498. The monoisotopic (exact) mass is 498 g/mol. The predicted octanol–water partition coefficient (Wildman–Crippen LogP) is 5.33. The fourth-order valence-corrected chi connectivity index (χ4v) is 4.24. The van der Waals surface area contributed by atoms with Gasteiger partial charge in [0.2, 0.25) is 0 Å². The van der Waals surface area contributed by atoms with Crippen molar-refractivity contribution in [1.82, 2.24) is 10.2 Å². The number of para-hydroxylation sites is 2. The number of carbonyl (C=O) groups excluding carboxylic acids is 1. The molecule has 2 amide bonds. The van der Waals surface area contributed by atoms with Gasteiger partial charge in [0.05, 0.1) is 25.7 Å². The van der Waals surface area contributed by atoms with Crippen LogP contribution in [0.4, 0.5) is 4.79 Å². The minimum absolute atomic E-state index is 0.0803. The molecule has 0 aliphatic carbocycles. The van der Waals surface area contributed by atoms with Gasteiger partial charge in [0.1, 0.15) is 12.7 Å². The maximum Gasteiger partial charge on any atom is 0.317 e. The second-order valence-electron chi connectivity index (χ2n) is 8.33. The largest absolute Gasteiger partial charge is 0.486 e. The van der Waals surface area contributed by atoms with Crippen LogP contribution in [-0.4, -0.2) is 49.4 Å². The van der Waals surface area contributed by atoms with Crippen LogP contribution in [0.2, 0.25) is 10.0 Å². The molecule has 1 unspecified atom stereocenters. The highest BCUT2D eigenvalue weighted by molar-refractivity contribution is 6.30. The van der Waals surface area contributed by atoms with Crippen molar-refractivity contribution in [3.05, 3.63) is 94.0 Å². The lowest BCUT2D eigenvalue weighted by atomic mass is 10.0. The van der Waals surface area contributed by atoms with Crippen LogP contribution in [0.15, 0.2) is 72.8 Å². The van der Waals surface area contributed by atoms with Crippen molar-refractivity contribution in [2.45, 2.75) is 18.3 Å². The first-order valence-corrected chi connectivity index (χ1v) is 11.9. The van der Waals surface area contributed by atoms with E-state index in [1.807, 2.05) is 72.8 Å². The summed E-state index contributed by atoms with van der Waals surface area (Å²) in [6.07, 6.45) is -0.591. The highest BCUT2D eigenvalue weighted by atomic mass is 35.5. The highest BCUT2D eigenvalue weighted by Gasteiger charge is 2.34. The minimum Gasteiger partial charge on any atom is -0.486 e. The Morgan fingerprint density at radius 2 is 1.53 bits per heavy atom. The minimum atomic E-state index is -0.280. The molecule has 2 aliphatic rings. The molecule has 34 heavy (non-hydrogen) atoms. The molecule has 0 bridgehead atoms. The zero-order chi connectivity index (χ0) is 23.5. The molecule has 6 nitrogen and oxygen atoms in total. The van der Waals surface area contributed by atoms with Gasteiger partial charge < -0.3 is 24.4 Å². The molecule has 0 aromatic heterocycles. The smallest absolute Gasteiger partial charge is 0.317 e. The molecule has 0 saturated carbocycles. The Labute approximate surface area is 208 Å². The second-order valence-corrected chi connectivity index (χ2v) is 9.20. The van der Waals surface area contributed by atoms with E-state index in [0.29, 0.717) is 42.0 Å². The third-order valence-electron chi connectivity index (χ3n) is 5.86. The van der Waals surface area contributed by atoms with Crippen molar-refractivity contribution in [3.63, 3.8) is 0 Å². The SMILES string of the molecule is O=C(NCC1COc2ccccc2O1)N1CC(OC(c2ccc(Cl)cc2)c2ccc(Cl)cc2)C1. The van der Waals surface area contributed by atoms with E-state index in [-0.39, 0.29) is 24.3 Å². The Morgan fingerprint density at radius 3 is 2.15 bits per heavy atom. The first-order valence-electron chi connectivity index (χ1n) is 11.1. The number of halogens is 2. The van der Waals surface area contributed by atoms with Gasteiger partial charge in [-0.1, -0.05) is 59.6 Å². The number of nitrogens with one attached hydrogen (secondary N) is 1. The van der Waals surface area contributed by atoms with Crippen LogP contribution in [0, 0.1) is 0 Å². The topological polar surface area (TPSA) is 60.0 Å². The van der Waals surface area contributed by atoms with Crippen LogP contribution >= 0.6 is 23.2 Å². The molecular formula is C26H24Cl2N2O4. The summed E-state index contributed by atoms with van der Waals surface area (Å²) in [6.45, 7) is 1.78. The van der Waals surface area contributed by atoms with Gasteiger partial charge >= 0.3 is 6.03 Å². The Bertz CT molecular complexity index is 1090. The molecule has 2 aliphatic heterocycles. The van der Waals surface area contributed by atoms with Crippen molar-refractivity contribution in [2.24, 2.45) is 0 Å². The Hall–Kier alpha value is -2.93. The number of nitrogens with zero attached hydrogens (tertiary/aromatic N) is 1. The number of ether oxygens (including phenoxy) is 3. The number of rotatable bonds is 6. The molecule has 0 spiro atoms. The van der Waals surface area contributed by atoms with E-state index >= 15 is 0 Å². The standard InChI is InChI=1S/C26H24Cl2N2O4/c27-19-9-5-17(6-10-19)25(18-7-11-20(28)12-8-18)34-22-14-30(15-22)26(31)29-13-21-16-32-23-3-1-2-4-24(23)33-21/h1-12,21-22,25H,13-16H2,(H,29,31). The molecule has 2 heterocycles. The summed E-state index contributed by atoms with van der Waals surface area (Å²) in [6, 6.07) is 22.6. The first-order chi connectivity index (χ1) is 16.5. The molecule has 8 heteroatoms. The van der Waals surface area contributed by atoms with Crippen LogP contribution in [0.5, 0.6) is 11.5 Å². The van der Waals surface area contributed by atoms with Gasteiger partial charge in [0.25, 0.3) is 0 Å². The summed E-state index contributed by atoms with van der Waals surface area (Å²) < 4.78 is 18.0. The molecule has 0 radical (unpaired) electrons. The van der Waals surface area contributed by atoms with Crippen LogP contribution in [-0.2, 0) is 4.74 Å². The molecule has 3 aromatic rings. The average molecular weight is 499 g/mol. The summed E-state index contributed by atoms with van der Waals surface area (Å²) >= 11 is 12.1. The summed E-state index contributed by atoms with van der Waals surface area (Å²) in [5, 5.41) is 4.27. The van der Waals surface area contributed by atoms with Crippen molar-refractivity contribution >= 4 is 29.2 Å².